The van der Waals surface area contributed by atoms with Crippen LogP contribution in [0.5, 0.6) is 5.88 Å². The number of halogens is 1. The van der Waals surface area contributed by atoms with Gasteiger partial charge in [0.2, 0.25) is 5.88 Å². The lowest BCUT2D eigenvalue weighted by molar-refractivity contribution is 0.00568. The predicted octanol–water partition coefficient (Wildman–Crippen LogP) is 4.24. The second kappa shape index (κ2) is 7.73. The maximum Gasteiger partial charge on any atom is 0.410 e. The summed E-state index contributed by atoms with van der Waals surface area (Å²) in [5.74, 6) is 0.473. The van der Waals surface area contributed by atoms with Gasteiger partial charge in [0, 0.05) is 34.7 Å². The van der Waals surface area contributed by atoms with Crippen LogP contribution < -0.4 is 9.64 Å². The second-order valence-electron chi connectivity index (χ2n) is 8.21. The summed E-state index contributed by atoms with van der Waals surface area (Å²) < 4.78 is 11.8. The van der Waals surface area contributed by atoms with Crippen LogP contribution in [-0.2, 0) is 4.74 Å². The van der Waals surface area contributed by atoms with Crippen LogP contribution >= 0.6 is 15.9 Å². The van der Waals surface area contributed by atoms with Gasteiger partial charge in [-0.3, -0.25) is 4.90 Å². The molecule has 28 heavy (non-hydrogen) atoms. The maximum absolute atomic E-state index is 12.7. The van der Waals surface area contributed by atoms with E-state index in [4.69, 9.17) is 9.47 Å². The van der Waals surface area contributed by atoms with Gasteiger partial charge in [-0.2, -0.15) is 0 Å². The Morgan fingerprint density at radius 1 is 1.18 bits per heavy atom. The molecular formula is C20H27BrN4O3. The number of anilines is 1. The lowest BCUT2D eigenvalue weighted by Gasteiger charge is -2.45. The maximum atomic E-state index is 12.7. The lowest BCUT2D eigenvalue weighted by atomic mass is 10.1. The molecule has 0 N–H and O–H groups in total. The number of methoxy groups -OCH3 is 1. The van der Waals surface area contributed by atoms with Crippen LogP contribution in [0.25, 0.3) is 10.9 Å². The minimum absolute atomic E-state index is 0.00832. The molecule has 1 aliphatic heterocycles. The van der Waals surface area contributed by atoms with Gasteiger partial charge in [0.1, 0.15) is 11.1 Å². The second-order valence-corrected chi connectivity index (χ2v) is 9.06. The van der Waals surface area contributed by atoms with Crippen LogP contribution in [0.1, 0.15) is 34.6 Å². The highest BCUT2D eigenvalue weighted by Gasteiger charge is 2.36. The number of fused-ring (bicyclic) bond motifs is 1. The largest absolute Gasteiger partial charge is 0.480 e. The highest BCUT2D eigenvalue weighted by molar-refractivity contribution is 9.10. The topological polar surface area (TPSA) is 67.8 Å². The molecule has 1 aliphatic rings. The average molecular weight is 451 g/mol. The summed E-state index contributed by atoms with van der Waals surface area (Å²) in [4.78, 5) is 16.8. The van der Waals surface area contributed by atoms with Crippen molar-refractivity contribution in [2.24, 2.45) is 0 Å². The van der Waals surface area contributed by atoms with Crippen molar-refractivity contribution in [1.82, 2.24) is 15.1 Å². The molecule has 2 unspecified atom stereocenters. The number of piperazine rings is 1. The Balaban J connectivity index is 1.91. The molecule has 3 rings (SSSR count). The monoisotopic (exact) mass is 450 g/mol. The zero-order valence-corrected chi connectivity index (χ0v) is 18.8. The van der Waals surface area contributed by atoms with Gasteiger partial charge in [-0.15, -0.1) is 10.2 Å². The standard InChI is InChI=1S/C20H27BrN4O3/c1-12-10-24(11-13(2)25(12)19(26)28-20(3,4)5)16-8-7-15(21)18-14(16)9-17(27-6)22-23-18/h7-9,12-13H,10-11H2,1-6H3. The molecule has 0 bridgehead atoms. The third kappa shape index (κ3) is 4.16. The molecule has 152 valence electrons. The van der Waals surface area contributed by atoms with Crippen molar-refractivity contribution in [3.8, 4) is 5.88 Å². The van der Waals surface area contributed by atoms with E-state index >= 15 is 0 Å². The van der Waals surface area contributed by atoms with Gasteiger partial charge >= 0.3 is 6.09 Å². The fourth-order valence-corrected chi connectivity index (χ4v) is 4.06. The number of carbonyl (C=O) groups excluding carboxylic acids is 1. The number of rotatable bonds is 2. The summed E-state index contributed by atoms with van der Waals surface area (Å²) >= 11 is 3.55. The number of amides is 1. The normalized spacial score (nSPS) is 20.4. The molecule has 2 atom stereocenters. The van der Waals surface area contributed by atoms with E-state index in [0.717, 1.165) is 21.1 Å². The molecule has 1 saturated heterocycles. The third-order valence-electron chi connectivity index (χ3n) is 4.73. The van der Waals surface area contributed by atoms with E-state index in [2.05, 4.69) is 37.1 Å². The van der Waals surface area contributed by atoms with Crippen LogP contribution in [0.15, 0.2) is 22.7 Å². The first kappa shape index (κ1) is 20.6. The summed E-state index contributed by atoms with van der Waals surface area (Å²) in [5, 5.41) is 9.34. The number of nitrogens with zero attached hydrogens (tertiary/aromatic N) is 4. The molecule has 0 saturated carbocycles. The zero-order valence-electron chi connectivity index (χ0n) is 17.2. The van der Waals surface area contributed by atoms with Gasteiger partial charge in [0.25, 0.3) is 0 Å². The number of hydrogen-bond acceptors (Lipinski definition) is 6. The van der Waals surface area contributed by atoms with Gasteiger partial charge < -0.3 is 14.4 Å². The van der Waals surface area contributed by atoms with Crippen molar-refractivity contribution in [3.05, 3.63) is 22.7 Å². The Labute approximate surface area is 174 Å². The average Bonchev–Trinajstić information content (AvgIpc) is 2.59. The summed E-state index contributed by atoms with van der Waals surface area (Å²) in [7, 11) is 1.58. The molecule has 0 aliphatic carbocycles. The highest BCUT2D eigenvalue weighted by Crippen LogP contribution is 2.34. The zero-order chi connectivity index (χ0) is 20.6. The van der Waals surface area contributed by atoms with Crippen molar-refractivity contribution >= 4 is 38.6 Å². The van der Waals surface area contributed by atoms with Crippen LogP contribution in [0.3, 0.4) is 0 Å². The lowest BCUT2D eigenvalue weighted by Crippen LogP contribution is -2.59. The first-order chi connectivity index (χ1) is 13.1. The van der Waals surface area contributed by atoms with E-state index in [-0.39, 0.29) is 18.2 Å². The minimum atomic E-state index is -0.509. The highest BCUT2D eigenvalue weighted by atomic mass is 79.9. The summed E-state index contributed by atoms with van der Waals surface area (Å²) in [5.41, 5.74) is 1.33. The quantitative estimate of drug-likeness (QED) is 0.681. The number of carbonyl (C=O) groups is 1. The van der Waals surface area contributed by atoms with Gasteiger partial charge in [-0.05, 0) is 62.7 Å². The van der Waals surface area contributed by atoms with Crippen molar-refractivity contribution in [2.45, 2.75) is 52.3 Å². The van der Waals surface area contributed by atoms with Crippen LogP contribution in [0.4, 0.5) is 10.5 Å². The molecule has 8 heteroatoms. The van der Waals surface area contributed by atoms with Crippen molar-refractivity contribution in [1.29, 1.82) is 0 Å². The SMILES string of the molecule is COc1cc2c(N3CC(C)N(C(=O)OC(C)(C)C)C(C)C3)ccc(Br)c2nn1. The molecule has 2 aromatic rings. The Hall–Kier alpha value is -2.09. The molecule has 2 heterocycles. The molecule has 1 aromatic carbocycles. The first-order valence-electron chi connectivity index (χ1n) is 9.37. The fourth-order valence-electron chi connectivity index (χ4n) is 3.64. The van der Waals surface area contributed by atoms with Gasteiger partial charge in [-0.1, -0.05) is 0 Å². The van der Waals surface area contributed by atoms with Gasteiger partial charge in [-0.25, -0.2) is 4.79 Å². The number of hydrogen-bond donors (Lipinski definition) is 0. The Kier molecular flexibility index (Phi) is 5.70. The van der Waals surface area contributed by atoms with Gasteiger partial charge in [0.15, 0.2) is 0 Å². The van der Waals surface area contributed by atoms with Crippen LogP contribution in [0, 0.1) is 0 Å². The van der Waals surface area contributed by atoms with E-state index in [1.54, 1.807) is 7.11 Å². The Morgan fingerprint density at radius 2 is 1.82 bits per heavy atom. The van der Waals surface area contributed by atoms with Crippen molar-refractivity contribution in [3.63, 3.8) is 0 Å². The Morgan fingerprint density at radius 3 is 2.39 bits per heavy atom. The number of ether oxygens (including phenoxy) is 2. The minimum Gasteiger partial charge on any atom is -0.480 e. The summed E-state index contributed by atoms with van der Waals surface area (Å²) in [6.07, 6.45) is -0.264. The van der Waals surface area contributed by atoms with E-state index in [1.807, 2.05) is 51.7 Å². The third-order valence-corrected chi connectivity index (χ3v) is 5.37. The molecule has 7 nitrogen and oxygen atoms in total. The molecule has 1 fully saturated rings. The first-order valence-corrected chi connectivity index (χ1v) is 10.2. The molecule has 1 aromatic heterocycles. The van der Waals surface area contributed by atoms with Crippen molar-refractivity contribution < 1.29 is 14.3 Å². The fraction of sp³-hybridized carbons (Fsp3) is 0.550. The predicted molar refractivity (Wildman–Crippen MR) is 113 cm³/mol. The smallest absolute Gasteiger partial charge is 0.410 e. The van der Waals surface area contributed by atoms with E-state index in [0.29, 0.717) is 19.0 Å². The van der Waals surface area contributed by atoms with E-state index in [1.165, 1.54) is 0 Å². The number of benzene rings is 1. The summed E-state index contributed by atoms with van der Waals surface area (Å²) in [6.45, 7) is 11.2. The molecular weight excluding hydrogens is 424 g/mol. The van der Waals surface area contributed by atoms with E-state index in [9.17, 15) is 4.79 Å². The van der Waals surface area contributed by atoms with Gasteiger partial charge in [0.05, 0.1) is 19.2 Å². The van der Waals surface area contributed by atoms with E-state index < -0.39 is 5.60 Å². The Bertz CT molecular complexity index is 872. The van der Waals surface area contributed by atoms with Crippen LogP contribution in [-0.4, -0.2) is 59.1 Å². The van der Waals surface area contributed by atoms with Crippen LogP contribution in [0.2, 0.25) is 0 Å². The molecule has 0 spiro atoms. The summed E-state index contributed by atoms with van der Waals surface area (Å²) in [6, 6.07) is 5.96. The molecule has 1 amide bonds. The van der Waals surface area contributed by atoms with Crippen molar-refractivity contribution in [2.75, 3.05) is 25.1 Å². The molecule has 0 radical (unpaired) electrons. The number of aromatic nitrogens is 2.